The quantitative estimate of drug-likeness (QED) is 0.732. The van der Waals surface area contributed by atoms with Gasteiger partial charge in [-0.05, 0) is 31.0 Å². The molecule has 0 fully saturated rings. The smallest absolute Gasteiger partial charge is 0.237 e. The summed E-state index contributed by atoms with van der Waals surface area (Å²) in [5, 5.41) is 19.8. The molecule has 1 aromatic carbocycles. The first-order chi connectivity index (χ1) is 9.97. The van der Waals surface area contributed by atoms with Crippen LogP contribution in [0.25, 0.3) is 0 Å². The molecule has 0 aliphatic carbocycles. The molecule has 0 spiro atoms. The number of phenols is 1. The maximum absolute atomic E-state index is 12.1. The maximum atomic E-state index is 12.1. The van der Waals surface area contributed by atoms with Crippen LogP contribution in [-0.2, 0) is 18.3 Å². The number of nitrogens with one attached hydrogen (secondary N) is 1. The number of benzene rings is 1. The Kier molecular flexibility index (Phi) is 4.54. The summed E-state index contributed by atoms with van der Waals surface area (Å²) >= 11 is 0. The van der Waals surface area contributed by atoms with Gasteiger partial charge in [0.05, 0.1) is 12.1 Å². The van der Waals surface area contributed by atoms with Gasteiger partial charge in [-0.2, -0.15) is 0 Å². The second-order valence-corrected chi connectivity index (χ2v) is 5.01. The van der Waals surface area contributed by atoms with Crippen molar-refractivity contribution in [1.29, 1.82) is 0 Å². The van der Waals surface area contributed by atoms with E-state index in [9.17, 15) is 9.90 Å². The van der Waals surface area contributed by atoms with Crippen molar-refractivity contribution in [3.63, 3.8) is 0 Å². The predicted octanol–water partition coefficient (Wildman–Crippen LogP) is 0.268. The Morgan fingerprint density at radius 3 is 2.67 bits per heavy atom. The lowest BCUT2D eigenvalue weighted by Crippen LogP contribution is -2.43. The lowest BCUT2D eigenvalue weighted by Gasteiger charge is -2.17. The molecule has 0 saturated heterocycles. The number of nitrogens with two attached hydrogens (primary N) is 1. The number of nitrogens with zero attached hydrogens (tertiary/aromatic N) is 3. The summed E-state index contributed by atoms with van der Waals surface area (Å²) < 4.78 is 1.75. The predicted molar refractivity (Wildman–Crippen MR) is 77.3 cm³/mol. The first-order valence-electron chi connectivity index (χ1n) is 6.65. The Hall–Kier alpha value is -2.41. The van der Waals surface area contributed by atoms with Crippen molar-refractivity contribution >= 4 is 5.91 Å². The molecule has 2 rings (SSSR count). The van der Waals surface area contributed by atoms with Crippen molar-refractivity contribution < 1.29 is 9.90 Å². The molecular weight excluding hydrogens is 270 g/mol. The first kappa shape index (κ1) is 15.0. The van der Waals surface area contributed by atoms with E-state index in [1.54, 1.807) is 35.2 Å². The van der Waals surface area contributed by atoms with E-state index < -0.39 is 6.04 Å². The summed E-state index contributed by atoms with van der Waals surface area (Å²) in [5.41, 5.74) is 6.80. The Balaban J connectivity index is 1.93. The molecule has 0 saturated carbocycles. The van der Waals surface area contributed by atoms with Crippen molar-refractivity contribution in [2.75, 3.05) is 0 Å². The number of carbonyl (C=O) groups is 1. The fraction of sp³-hybridized carbons (Fsp3) is 0.357. The molecule has 7 heteroatoms. The monoisotopic (exact) mass is 289 g/mol. The van der Waals surface area contributed by atoms with Crippen molar-refractivity contribution in [2.24, 2.45) is 12.8 Å². The van der Waals surface area contributed by atoms with Crippen molar-refractivity contribution in [1.82, 2.24) is 20.1 Å². The molecule has 0 bridgehead atoms. The molecule has 7 nitrogen and oxygen atoms in total. The van der Waals surface area contributed by atoms with Gasteiger partial charge in [-0.1, -0.05) is 12.1 Å². The van der Waals surface area contributed by atoms with Gasteiger partial charge in [-0.15, -0.1) is 10.2 Å². The summed E-state index contributed by atoms with van der Waals surface area (Å²) in [7, 11) is 1.81. The highest BCUT2D eigenvalue weighted by Crippen LogP contribution is 2.12. The van der Waals surface area contributed by atoms with E-state index in [2.05, 4.69) is 15.5 Å². The van der Waals surface area contributed by atoms with Crippen LogP contribution in [-0.4, -0.2) is 31.8 Å². The van der Waals surface area contributed by atoms with Crippen LogP contribution in [0.1, 0.15) is 24.4 Å². The SMILES string of the molecule is CC(NC(=O)[C@H](N)Cc1ccc(O)cc1)c1nncn1C. The number of rotatable bonds is 5. The molecule has 1 aromatic heterocycles. The highest BCUT2D eigenvalue weighted by Gasteiger charge is 2.19. The van der Waals surface area contributed by atoms with Gasteiger partial charge < -0.3 is 20.7 Å². The van der Waals surface area contributed by atoms with E-state index in [-0.39, 0.29) is 17.7 Å². The lowest BCUT2D eigenvalue weighted by atomic mass is 10.1. The van der Waals surface area contributed by atoms with Crippen molar-refractivity contribution in [2.45, 2.75) is 25.4 Å². The third-order valence-corrected chi connectivity index (χ3v) is 3.22. The van der Waals surface area contributed by atoms with E-state index in [1.807, 2.05) is 14.0 Å². The van der Waals surface area contributed by atoms with Crippen LogP contribution in [0.2, 0.25) is 0 Å². The van der Waals surface area contributed by atoms with E-state index >= 15 is 0 Å². The molecule has 0 aliphatic heterocycles. The Morgan fingerprint density at radius 1 is 1.43 bits per heavy atom. The zero-order valence-electron chi connectivity index (χ0n) is 12.0. The van der Waals surface area contributed by atoms with Crippen LogP contribution in [0, 0.1) is 0 Å². The van der Waals surface area contributed by atoms with E-state index in [0.717, 1.165) is 5.56 Å². The second kappa shape index (κ2) is 6.36. The van der Waals surface area contributed by atoms with Gasteiger partial charge in [0.25, 0.3) is 0 Å². The Bertz CT molecular complexity index is 608. The van der Waals surface area contributed by atoms with Gasteiger partial charge in [0.2, 0.25) is 5.91 Å². The number of amides is 1. The molecule has 4 N–H and O–H groups in total. The molecule has 112 valence electrons. The van der Waals surface area contributed by atoms with Gasteiger partial charge >= 0.3 is 0 Å². The average molecular weight is 289 g/mol. The highest BCUT2D eigenvalue weighted by molar-refractivity contribution is 5.82. The van der Waals surface area contributed by atoms with Crippen LogP contribution in [0.15, 0.2) is 30.6 Å². The van der Waals surface area contributed by atoms with Crippen LogP contribution in [0.5, 0.6) is 5.75 Å². The lowest BCUT2D eigenvalue weighted by molar-refractivity contribution is -0.123. The Morgan fingerprint density at radius 2 is 2.10 bits per heavy atom. The van der Waals surface area contributed by atoms with Crippen LogP contribution < -0.4 is 11.1 Å². The molecule has 0 aliphatic rings. The first-order valence-corrected chi connectivity index (χ1v) is 6.65. The molecule has 2 atom stereocenters. The van der Waals surface area contributed by atoms with Crippen molar-refractivity contribution in [3.05, 3.63) is 42.0 Å². The minimum atomic E-state index is -0.662. The normalized spacial score (nSPS) is 13.7. The number of phenolic OH excluding ortho intramolecular Hbond substituents is 1. The molecule has 1 amide bonds. The van der Waals surface area contributed by atoms with Gasteiger partial charge in [0, 0.05) is 7.05 Å². The van der Waals surface area contributed by atoms with Gasteiger partial charge in [0.15, 0.2) is 5.82 Å². The molecular formula is C14H19N5O2. The minimum absolute atomic E-state index is 0.188. The third-order valence-electron chi connectivity index (χ3n) is 3.22. The standard InChI is InChI=1S/C14H19N5O2/c1-9(13-18-16-8-19(13)2)17-14(21)12(15)7-10-3-5-11(20)6-4-10/h3-6,8-9,12,20H,7,15H2,1-2H3,(H,17,21)/t9?,12-/m1/s1. The van der Waals surface area contributed by atoms with E-state index in [4.69, 9.17) is 5.73 Å². The number of hydrogen-bond acceptors (Lipinski definition) is 5. The zero-order chi connectivity index (χ0) is 15.4. The number of carbonyl (C=O) groups excluding carboxylic acids is 1. The zero-order valence-corrected chi connectivity index (χ0v) is 12.0. The van der Waals surface area contributed by atoms with E-state index in [0.29, 0.717) is 12.2 Å². The van der Waals surface area contributed by atoms with Crippen molar-refractivity contribution in [3.8, 4) is 5.75 Å². The highest BCUT2D eigenvalue weighted by atomic mass is 16.3. The number of aryl methyl sites for hydroxylation is 1. The number of hydrogen-bond donors (Lipinski definition) is 3. The fourth-order valence-electron chi connectivity index (χ4n) is 2.05. The molecule has 0 radical (unpaired) electrons. The van der Waals surface area contributed by atoms with Crippen LogP contribution >= 0.6 is 0 Å². The summed E-state index contributed by atoms with van der Waals surface area (Å²) in [4.78, 5) is 12.1. The van der Waals surface area contributed by atoms with E-state index in [1.165, 1.54) is 0 Å². The molecule has 1 unspecified atom stereocenters. The second-order valence-electron chi connectivity index (χ2n) is 5.01. The molecule has 21 heavy (non-hydrogen) atoms. The van der Waals surface area contributed by atoms with Gasteiger partial charge in [-0.3, -0.25) is 4.79 Å². The van der Waals surface area contributed by atoms with Crippen LogP contribution in [0.4, 0.5) is 0 Å². The summed E-state index contributed by atoms with van der Waals surface area (Å²) in [6.45, 7) is 1.83. The third kappa shape index (κ3) is 3.79. The summed E-state index contributed by atoms with van der Waals surface area (Å²) in [6, 6.07) is 5.70. The fourth-order valence-corrected chi connectivity index (χ4v) is 2.05. The van der Waals surface area contributed by atoms with Crippen LogP contribution in [0.3, 0.4) is 0 Å². The topological polar surface area (TPSA) is 106 Å². The minimum Gasteiger partial charge on any atom is -0.508 e. The van der Waals surface area contributed by atoms with Gasteiger partial charge in [-0.25, -0.2) is 0 Å². The summed E-state index contributed by atoms with van der Waals surface area (Å²) in [6.07, 6.45) is 1.98. The average Bonchev–Trinajstić information content (AvgIpc) is 2.87. The number of aromatic hydroxyl groups is 1. The molecule has 2 aromatic rings. The maximum Gasteiger partial charge on any atom is 0.237 e. The summed E-state index contributed by atoms with van der Waals surface area (Å²) in [5.74, 6) is 0.603. The molecule has 1 heterocycles. The number of aromatic nitrogens is 3. The Labute approximate surface area is 122 Å². The van der Waals surface area contributed by atoms with Gasteiger partial charge in [0.1, 0.15) is 12.1 Å². The largest absolute Gasteiger partial charge is 0.508 e.